The van der Waals surface area contributed by atoms with Crippen molar-refractivity contribution in [3.05, 3.63) is 29.3 Å². The minimum absolute atomic E-state index is 0.00682. The van der Waals surface area contributed by atoms with Crippen LogP contribution in [0.3, 0.4) is 0 Å². The van der Waals surface area contributed by atoms with Crippen LogP contribution in [0.25, 0.3) is 0 Å². The summed E-state index contributed by atoms with van der Waals surface area (Å²) < 4.78 is 5.49. The van der Waals surface area contributed by atoms with Gasteiger partial charge in [0.15, 0.2) is 6.61 Å². The average Bonchev–Trinajstić information content (AvgIpc) is 2.35. The summed E-state index contributed by atoms with van der Waals surface area (Å²) in [6.45, 7) is 6.19. The van der Waals surface area contributed by atoms with Crippen LogP contribution in [0.4, 0.5) is 0 Å². The van der Waals surface area contributed by atoms with Crippen molar-refractivity contribution in [1.29, 1.82) is 0 Å². The molecule has 1 aromatic carbocycles. The molecule has 0 saturated carbocycles. The first-order valence-corrected chi connectivity index (χ1v) is 6.11. The molecule has 0 bridgehead atoms. The Labute approximate surface area is 108 Å². The standard InChI is InChI=1S/C14H21NO3/c1-5-15(4)14(17)9-18-13-7-6-10(2)8-12(13)11(3)16/h6-8,11,16H,5,9H2,1-4H3/t11-/m0/s1. The van der Waals surface area contributed by atoms with Crippen LogP contribution in [0.5, 0.6) is 5.75 Å². The lowest BCUT2D eigenvalue weighted by molar-refractivity contribution is -0.131. The average molecular weight is 251 g/mol. The number of hydrogen-bond acceptors (Lipinski definition) is 3. The molecule has 0 aromatic heterocycles. The van der Waals surface area contributed by atoms with Crippen molar-refractivity contribution in [3.63, 3.8) is 0 Å². The number of aryl methyl sites for hydroxylation is 1. The fourth-order valence-electron chi connectivity index (χ4n) is 1.55. The van der Waals surface area contributed by atoms with Crippen LogP contribution in [0.15, 0.2) is 18.2 Å². The molecule has 4 nitrogen and oxygen atoms in total. The summed E-state index contributed by atoms with van der Waals surface area (Å²) in [5.41, 5.74) is 1.76. The van der Waals surface area contributed by atoms with E-state index < -0.39 is 6.10 Å². The molecule has 0 fully saturated rings. The van der Waals surface area contributed by atoms with Crippen LogP contribution in [0.1, 0.15) is 31.1 Å². The molecule has 0 radical (unpaired) electrons. The normalized spacial score (nSPS) is 12.1. The van der Waals surface area contributed by atoms with Crippen molar-refractivity contribution in [2.24, 2.45) is 0 Å². The number of rotatable bonds is 5. The van der Waals surface area contributed by atoms with Crippen molar-refractivity contribution in [2.45, 2.75) is 26.9 Å². The highest BCUT2D eigenvalue weighted by molar-refractivity contribution is 5.77. The highest BCUT2D eigenvalue weighted by Crippen LogP contribution is 2.26. The molecule has 0 aliphatic heterocycles. The number of likely N-dealkylation sites (N-methyl/N-ethyl adjacent to an activating group) is 1. The van der Waals surface area contributed by atoms with Crippen LogP contribution in [0, 0.1) is 6.92 Å². The summed E-state index contributed by atoms with van der Waals surface area (Å²) in [5.74, 6) is 0.489. The maximum Gasteiger partial charge on any atom is 0.260 e. The van der Waals surface area contributed by atoms with Gasteiger partial charge in [-0.2, -0.15) is 0 Å². The van der Waals surface area contributed by atoms with E-state index in [2.05, 4.69) is 0 Å². The Morgan fingerprint density at radius 1 is 1.50 bits per heavy atom. The van der Waals surface area contributed by atoms with Gasteiger partial charge in [0.2, 0.25) is 0 Å². The summed E-state index contributed by atoms with van der Waals surface area (Å²) >= 11 is 0. The molecule has 0 saturated heterocycles. The van der Waals surface area contributed by atoms with E-state index in [1.807, 2.05) is 26.0 Å². The Hall–Kier alpha value is -1.55. The second kappa shape index (κ2) is 6.40. The van der Waals surface area contributed by atoms with E-state index in [4.69, 9.17) is 4.74 Å². The van der Waals surface area contributed by atoms with Crippen molar-refractivity contribution in [1.82, 2.24) is 4.90 Å². The van der Waals surface area contributed by atoms with E-state index in [0.717, 1.165) is 5.56 Å². The lowest BCUT2D eigenvalue weighted by Gasteiger charge is -2.17. The first kappa shape index (κ1) is 14.5. The van der Waals surface area contributed by atoms with Gasteiger partial charge in [-0.25, -0.2) is 0 Å². The number of amides is 1. The van der Waals surface area contributed by atoms with E-state index in [1.54, 1.807) is 24.9 Å². The molecule has 1 atom stereocenters. The molecule has 100 valence electrons. The number of aliphatic hydroxyl groups is 1. The van der Waals surface area contributed by atoms with Crippen LogP contribution < -0.4 is 4.74 Å². The number of carbonyl (C=O) groups excluding carboxylic acids is 1. The van der Waals surface area contributed by atoms with Gasteiger partial charge in [0.1, 0.15) is 5.75 Å². The number of hydrogen-bond donors (Lipinski definition) is 1. The molecule has 1 rings (SSSR count). The lowest BCUT2D eigenvalue weighted by atomic mass is 10.1. The molecule has 1 N–H and O–H groups in total. The quantitative estimate of drug-likeness (QED) is 0.869. The van der Waals surface area contributed by atoms with E-state index in [9.17, 15) is 9.90 Å². The third kappa shape index (κ3) is 3.74. The van der Waals surface area contributed by atoms with E-state index in [-0.39, 0.29) is 12.5 Å². The monoisotopic (exact) mass is 251 g/mol. The number of ether oxygens (including phenoxy) is 1. The van der Waals surface area contributed by atoms with Crippen molar-refractivity contribution >= 4 is 5.91 Å². The number of benzene rings is 1. The predicted molar refractivity (Wildman–Crippen MR) is 70.6 cm³/mol. The van der Waals surface area contributed by atoms with Gasteiger partial charge in [-0.15, -0.1) is 0 Å². The molecular weight excluding hydrogens is 230 g/mol. The maximum absolute atomic E-state index is 11.6. The number of nitrogens with zero attached hydrogens (tertiary/aromatic N) is 1. The fraction of sp³-hybridized carbons (Fsp3) is 0.500. The van der Waals surface area contributed by atoms with Gasteiger partial charge in [-0.3, -0.25) is 4.79 Å². The number of carbonyl (C=O) groups is 1. The molecule has 18 heavy (non-hydrogen) atoms. The zero-order valence-electron chi connectivity index (χ0n) is 11.4. The number of aliphatic hydroxyl groups excluding tert-OH is 1. The maximum atomic E-state index is 11.6. The first-order valence-electron chi connectivity index (χ1n) is 6.11. The van der Waals surface area contributed by atoms with Crippen molar-refractivity contribution in [3.8, 4) is 5.75 Å². The van der Waals surface area contributed by atoms with Crippen LogP contribution in [-0.4, -0.2) is 36.1 Å². The Balaban J connectivity index is 2.76. The molecule has 0 heterocycles. The summed E-state index contributed by atoms with van der Waals surface area (Å²) in [6.07, 6.45) is -0.612. The molecule has 0 spiro atoms. The third-order valence-corrected chi connectivity index (χ3v) is 2.87. The fourth-order valence-corrected chi connectivity index (χ4v) is 1.55. The largest absolute Gasteiger partial charge is 0.483 e. The highest BCUT2D eigenvalue weighted by atomic mass is 16.5. The topological polar surface area (TPSA) is 49.8 Å². The molecule has 0 unspecified atom stereocenters. The lowest BCUT2D eigenvalue weighted by Crippen LogP contribution is -2.31. The van der Waals surface area contributed by atoms with Crippen LogP contribution in [-0.2, 0) is 4.79 Å². The van der Waals surface area contributed by atoms with E-state index >= 15 is 0 Å². The van der Waals surface area contributed by atoms with Crippen LogP contribution in [0.2, 0.25) is 0 Å². The minimum atomic E-state index is -0.612. The van der Waals surface area contributed by atoms with Crippen molar-refractivity contribution in [2.75, 3.05) is 20.2 Å². The van der Waals surface area contributed by atoms with Gasteiger partial charge < -0.3 is 14.7 Å². The van der Waals surface area contributed by atoms with Gasteiger partial charge >= 0.3 is 0 Å². The van der Waals surface area contributed by atoms with E-state index in [1.165, 1.54) is 0 Å². The Bertz CT molecular complexity index is 416. The predicted octanol–water partition coefficient (Wildman–Crippen LogP) is 1.91. The zero-order valence-corrected chi connectivity index (χ0v) is 11.4. The molecule has 4 heteroatoms. The molecule has 0 aliphatic rings. The Morgan fingerprint density at radius 2 is 2.17 bits per heavy atom. The summed E-state index contributed by atoms with van der Waals surface area (Å²) in [5, 5.41) is 9.67. The second-order valence-electron chi connectivity index (χ2n) is 4.41. The molecule has 1 amide bonds. The minimum Gasteiger partial charge on any atom is -0.483 e. The molecule has 0 aliphatic carbocycles. The Morgan fingerprint density at radius 3 is 2.72 bits per heavy atom. The smallest absolute Gasteiger partial charge is 0.260 e. The first-order chi connectivity index (χ1) is 8.45. The van der Waals surface area contributed by atoms with Gasteiger partial charge in [0, 0.05) is 19.2 Å². The van der Waals surface area contributed by atoms with Crippen LogP contribution >= 0.6 is 0 Å². The third-order valence-electron chi connectivity index (χ3n) is 2.87. The summed E-state index contributed by atoms with van der Waals surface area (Å²) in [6, 6.07) is 5.56. The molecular formula is C14H21NO3. The Kier molecular flexibility index (Phi) is 5.16. The van der Waals surface area contributed by atoms with Gasteiger partial charge in [0.25, 0.3) is 5.91 Å². The second-order valence-corrected chi connectivity index (χ2v) is 4.41. The molecule has 1 aromatic rings. The SMILES string of the molecule is CCN(C)C(=O)COc1ccc(C)cc1[C@H](C)O. The highest BCUT2D eigenvalue weighted by Gasteiger charge is 2.12. The van der Waals surface area contributed by atoms with E-state index in [0.29, 0.717) is 17.9 Å². The van der Waals surface area contributed by atoms with Gasteiger partial charge in [-0.05, 0) is 32.9 Å². The van der Waals surface area contributed by atoms with Gasteiger partial charge in [0.05, 0.1) is 6.10 Å². The van der Waals surface area contributed by atoms with Gasteiger partial charge in [-0.1, -0.05) is 11.6 Å². The summed E-state index contributed by atoms with van der Waals surface area (Å²) in [4.78, 5) is 13.2. The van der Waals surface area contributed by atoms with Crippen molar-refractivity contribution < 1.29 is 14.6 Å². The summed E-state index contributed by atoms with van der Waals surface area (Å²) in [7, 11) is 1.73. The zero-order chi connectivity index (χ0) is 13.7.